The summed E-state index contributed by atoms with van der Waals surface area (Å²) in [5.74, 6) is 0. The summed E-state index contributed by atoms with van der Waals surface area (Å²) in [6, 6.07) is 20.5. The smallest absolute Gasteiger partial charge is 0.190 e. The summed E-state index contributed by atoms with van der Waals surface area (Å²) in [4.78, 5) is 14.8. The maximum absolute atomic E-state index is 13.0. The number of rotatable bonds is 6. The van der Waals surface area contributed by atoms with Crippen LogP contribution in [0.4, 0.5) is 0 Å². The highest BCUT2D eigenvalue weighted by molar-refractivity contribution is 9.11. The minimum atomic E-state index is -2.34. The van der Waals surface area contributed by atoms with E-state index in [4.69, 9.17) is 0 Å². The standard InChI is InChI=1S/C18H19BrOSi/c1-21(16-10-4-2-5-11-16,17-12-6-3-7-13-17)18(20)14-8-9-15-19/h2-7,9-13,15H,8,14H2,1H3/b15-9+. The summed E-state index contributed by atoms with van der Waals surface area (Å²) in [7, 11) is -2.34. The van der Waals surface area contributed by atoms with E-state index in [2.05, 4.69) is 46.7 Å². The van der Waals surface area contributed by atoms with Crippen LogP contribution in [0.3, 0.4) is 0 Å². The highest BCUT2D eigenvalue weighted by atomic mass is 79.9. The van der Waals surface area contributed by atoms with Gasteiger partial charge in [0, 0.05) is 6.42 Å². The Morgan fingerprint density at radius 1 is 1.00 bits per heavy atom. The Balaban J connectivity index is 2.42. The van der Waals surface area contributed by atoms with E-state index in [1.165, 1.54) is 10.4 Å². The maximum atomic E-state index is 13.0. The van der Waals surface area contributed by atoms with Crippen LogP contribution in [0.5, 0.6) is 0 Å². The number of carbonyl (C=O) groups is 1. The molecule has 2 rings (SSSR count). The van der Waals surface area contributed by atoms with E-state index < -0.39 is 8.07 Å². The highest BCUT2D eigenvalue weighted by Gasteiger charge is 2.38. The van der Waals surface area contributed by atoms with E-state index in [9.17, 15) is 4.79 Å². The number of allylic oxidation sites excluding steroid dienone is 1. The predicted molar refractivity (Wildman–Crippen MR) is 96.1 cm³/mol. The molecule has 0 atom stereocenters. The van der Waals surface area contributed by atoms with E-state index in [0.29, 0.717) is 11.8 Å². The number of hydrogen-bond donors (Lipinski definition) is 0. The van der Waals surface area contributed by atoms with Gasteiger partial charge in [0.15, 0.2) is 8.07 Å². The van der Waals surface area contributed by atoms with Crippen molar-refractivity contribution in [2.75, 3.05) is 0 Å². The summed E-state index contributed by atoms with van der Waals surface area (Å²) in [6.45, 7) is 2.16. The minimum Gasteiger partial charge on any atom is -0.305 e. The Kier molecular flexibility index (Phi) is 5.71. The topological polar surface area (TPSA) is 17.1 Å². The lowest BCUT2D eigenvalue weighted by Crippen LogP contribution is -2.62. The van der Waals surface area contributed by atoms with Crippen LogP contribution < -0.4 is 10.4 Å². The highest BCUT2D eigenvalue weighted by Crippen LogP contribution is 2.11. The average Bonchev–Trinajstić information content (AvgIpc) is 2.56. The second-order valence-corrected chi connectivity index (χ2v) is 9.67. The van der Waals surface area contributed by atoms with Crippen molar-refractivity contribution in [2.45, 2.75) is 19.4 Å². The van der Waals surface area contributed by atoms with Crippen molar-refractivity contribution < 1.29 is 4.79 Å². The van der Waals surface area contributed by atoms with Gasteiger partial charge in [-0.25, -0.2) is 0 Å². The Morgan fingerprint density at radius 2 is 1.48 bits per heavy atom. The van der Waals surface area contributed by atoms with Gasteiger partial charge in [0.1, 0.15) is 5.41 Å². The molecule has 0 aliphatic carbocycles. The van der Waals surface area contributed by atoms with Crippen LogP contribution in [0, 0.1) is 0 Å². The molecule has 0 saturated carbocycles. The molecule has 0 fully saturated rings. The molecule has 0 aliphatic rings. The van der Waals surface area contributed by atoms with Crippen LogP contribution >= 0.6 is 15.9 Å². The second-order valence-electron chi connectivity index (χ2n) is 5.18. The number of carbonyl (C=O) groups excluding carboxylic acids is 1. The zero-order valence-corrected chi connectivity index (χ0v) is 14.7. The van der Waals surface area contributed by atoms with Crippen molar-refractivity contribution in [3.63, 3.8) is 0 Å². The largest absolute Gasteiger partial charge is 0.305 e. The van der Waals surface area contributed by atoms with Gasteiger partial charge in [-0.1, -0.05) is 89.2 Å². The molecule has 3 heteroatoms. The molecule has 2 aromatic carbocycles. The first-order valence-electron chi connectivity index (χ1n) is 7.09. The van der Waals surface area contributed by atoms with E-state index >= 15 is 0 Å². The molecule has 0 bridgehead atoms. The van der Waals surface area contributed by atoms with Gasteiger partial charge in [0.2, 0.25) is 0 Å². The number of hydrogen-bond acceptors (Lipinski definition) is 1. The summed E-state index contributed by atoms with van der Waals surface area (Å²) in [5.41, 5.74) is 0. The van der Waals surface area contributed by atoms with E-state index in [-0.39, 0.29) is 0 Å². The predicted octanol–water partition coefficient (Wildman–Crippen LogP) is 3.68. The summed E-state index contributed by atoms with van der Waals surface area (Å²) in [5, 5.41) is 2.75. The minimum absolute atomic E-state index is 0.380. The van der Waals surface area contributed by atoms with Crippen LogP contribution in [-0.2, 0) is 4.79 Å². The molecule has 1 nitrogen and oxygen atoms in total. The molecule has 0 N–H and O–H groups in total. The molecule has 21 heavy (non-hydrogen) atoms. The van der Waals surface area contributed by atoms with Crippen molar-refractivity contribution in [1.29, 1.82) is 0 Å². The van der Waals surface area contributed by atoms with Crippen LogP contribution in [0.25, 0.3) is 0 Å². The first kappa shape index (κ1) is 15.9. The van der Waals surface area contributed by atoms with Crippen LogP contribution in [-0.4, -0.2) is 13.5 Å². The molecule has 0 unspecified atom stereocenters. The lowest BCUT2D eigenvalue weighted by Gasteiger charge is -2.27. The van der Waals surface area contributed by atoms with Gasteiger partial charge in [-0.3, -0.25) is 0 Å². The van der Waals surface area contributed by atoms with Gasteiger partial charge in [-0.2, -0.15) is 0 Å². The molecule has 0 heterocycles. The van der Waals surface area contributed by atoms with Crippen molar-refractivity contribution in [2.24, 2.45) is 0 Å². The Hall–Kier alpha value is -1.45. The molecule has 0 spiro atoms. The van der Waals surface area contributed by atoms with Gasteiger partial charge in [0.05, 0.1) is 0 Å². The Labute approximate surface area is 135 Å². The van der Waals surface area contributed by atoms with E-state index in [1.54, 1.807) is 0 Å². The van der Waals surface area contributed by atoms with Gasteiger partial charge in [0.25, 0.3) is 0 Å². The SMILES string of the molecule is C[Si](C(=O)CC/C=C/Br)(c1ccccc1)c1ccccc1. The van der Waals surface area contributed by atoms with Gasteiger partial charge in [-0.15, -0.1) is 0 Å². The maximum Gasteiger partial charge on any atom is 0.190 e. The van der Waals surface area contributed by atoms with Crippen molar-refractivity contribution in [1.82, 2.24) is 0 Å². The summed E-state index contributed by atoms with van der Waals surface area (Å²) in [6.07, 6.45) is 3.36. The first-order chi connectivity index (χ1) is 10.2. The Morgan fingerprint density at radius 3 is 1.90 bits per heavy atom. The molecule has 0 radical (unpaired) electrons. The molecule has 2 aromatic rings. The summed E-state index contributed by atoms with van der Waals surface area (Å²) >= 11 is 3.26. The van der Waals surface area contributed by atoms with Gasteiger partial charge in [-0.05, 0) is 21.8 Å². The molecule has 0 aromatic heterocycles. The molecular formula is C18H19BrOSi. The van der Waals surface area contributed by atoms with E-state index in [0.717, 1.165) is 6.42 Å². The quantitative estimate of drug-likeness (QED) is 0.719. The molecule has 0 aliphatic heterocycles. The van der Waals surface area contributed by atoms with E-state index in [1.807, 2.05) is 47.5 Å². The number of benzene rings is 2. The fourth-order valence-electron chi connectivity index (χ4n) is 2.56. The molecule has 0 saturated heterocycles. The molecule has 0 amide bonds. The second kappa shape index (κ2) is 7.53. The lowest BCUT2D eigenvalue weighted by atomic mass is 10.3. The van der Waals surface area contributed by atoms with Crippen LogP contribution in [0.2, 0.25) is 6.55 Å². The third-order valence-electron chi connectivity index (χ3n) is 3.89. The van der Waals surface area contributed by atoms with Crippen LogP contribution in [0.1, 0.15) is 12.8 Å². The normalized spacial score (nSPS) is 11.7. The first-order valence-corrected chi connectivity index (χ1v) is 10.5. The van der Waals surface area contributed by atoms with Crippen molar-refractivity contribution >= 4 is 39.8 Å². The van der Waals surface area contributed by atoms with Crippen molar-refractivity contribution in [3.05, 3.63) is 71.7 Å². The fourth-order valence-corrected chi connectivity index (χ4v) is 6.16. The third-order valence-corrected chi connectivity index (χ3v) is 8.60. The lowest BCUT2D eigenvalue weighted by molar-refractivity contribution is -0.112. The monoisotopic (exact) mass is 358 g/mol. The molecule has 108 valence electrons. The van der Waals surface area contributed by atoms with Crippen molar-refractivity contribution in [3.8, 4) is 0 Å². The average molecular weight is 359 g/mol. The summed E-state index contributed by atoms with van der Waals surface area (Å²) < 4.78 is 0. The zero-order chi connectivity index (χ0) is 15.1. The fraction of sp³-hybridized carbons (Fsp3) is 0.167. The zero-order valence-electron chi connectivity index (χ0n) is 12.1. The molecular weight excluding hydrogens is 340 g/mol. The Bertz CT molecular complexity index is 568. The van der Waals surface area contributed by atoms with Crippen LogP contribution in [0.15, 0.2) is 71.7 Å². The van der Waals surface area contributed by atoms with Gasteiger partial charge < -0.3 is 4.79 Å². The number of halogens is 1. The van der Waals surface area contributed by atoms with Gasteiger partial charge >= 0.3 is 0 Å². The third kappa shape index (κ3) is 3.60.